The lowest BCUT2D eigenvalue weighted by molar-refractivity contribution is 0.178. The molecule has 0 amide bonds. The third kappa shape index (κ3) is 4.43. The van der Waals surface area contributed by atoms with Gasteiger partial charge in [-0.3, -0.25) is 0 Å². The van der Waals surface area contributed by atoms with Crippen LogP contribution in [-0.2, 0) is 11.3 Å². The maximum absolute atomic E-state index is 8.94. The molecule has 0 bridgehead atoms. The van der Waals surface area contributed by atoms with Gasteiger partial charge in [0.1, 0.15) is 17.6 Å². The monoisotopic (exact) mass is 261 g/mol. The van der Waals surface area contributed by atoms with Crippen LogP contribution in [0.15, 0.2) is 6.07 Å². The van der Waals surface area contributed by atoms with Gasteiger partial charge in [-0.05, 0) is 0 Å². The Kier molecular flexibility index (Phi) is 6.13. The first-order valence-corrected chi connectivity index (χ1v) is 5.58. The lowest BCUT2D eigenvalue weighted by atomic mass is 10.4. The third-order valence-electron chi connectivity index (χ3n) is 2.06. The molecule has 0 aromatic carbocycles. The third-order valence-corrected chi connectivity index (χ3v) is 2.26. The van der Waals surface area contributed by atoms with Crippen LogP contribution in [0.1, 0.15) is 5.82 Å². The molecule has 0 saturated carbocycles. The van der Waals surface area contributed by atoms with Gasteiger partial charge in [0.15, 0.2) is 5.82 Å². The standard InChI is InChI=1S/C10H16ClN3O3/c1-17-7-9-12-8(11)6-10(13-9)14(2-4-15)3-5-16/h6,15-16H,2-5,7H2,1H3. The minimum absolute atomic E-state index is 0.0266. The molecule has 7 heteroatoms. The van der Waals surface area contributed by atoms with E-state index < -0.39 is 0 Å². The van der Waals surface area contributed by atoms with Gasteiger partial charge >= 0.3 is 0 Å². The van der Waals surface area contributed by atoms with Gasteiger partial charge in [-0.2, -0.15) is 0 Å². The number of nitrogens with zero attached hydrogens (tertiary/aromatic N) is 3. The molecule has 1 rings (SSSR count). The van der Waals surface area contributed by atoms with E-state index in [1.807, 2.05) is 0 Å². The molecular weight excluding hydrogens is 246 g/mol. The molecule has 0 aliphatic rings. The molecule has 0 atom stereocenters. The summed E-state index contributed by atoms with van der Waals surface area (Å²) in [5, 5.41) is 18.2. The number of aromatic nitrogens is 2. The fourth-order valence-electron chi connectivity index (χ4n) is 1.39. The van der Waals surface area contributed by atoms with E-state index in [-0.39, 0.29) is 19.8 Å². The second-order valence-corrected chi connectivity index (χ2v) is 3.72. The summed E-state index contributed by atoms with van der Waals surface area (Å²) in [6.07, 6.45) is 0. The van der Waals surface area contributed by atoms with E-state index in [9.17, 15) is 0 Å². The van der Waals surface area contributed by atoms with Crippen LogP contribution in [-0.4, -0.2) is 53.6 Å². The Morgan fingerprint density at radius 2 is 1.94 bits per heavy atom. The predicted octanol–water partition coefficient (Wildman–Crippen LogP) is 0.0674. The second kappa shape index (κ2) is 7.39. The van der Waals surface area contributed by atoms with Crippen molar-refractivity contribution in [1.82, 2.24) is 9.97 Å². The first-order valence-electron chi connectivity index (χ1n) is 5.20. The smallest absolute Gasteiger partial charge is 0.158 e. The van der Waals surface area contributed by atoms with Gasteiger partial charge in [-0.15, -0.1) is 0 Å². The summed E-state index contributed by atoms with van der Waals surface area (Å²) in [6.45, 7) is 0.961. The van der Waals surface area contributed by atoms with Crippen molar-refractivity contribution in [3.63, 3.8) is 0 Å². The maximum atomic E-state index is 8.94. The SMILES string of the molecule is COCc1nc(Cl)cc(N(CCO)CCO)n1. The second-order valence-electron chi connectivity index (χ2n) is 3.33. The summed E-state index contributed by atoms with van der Waals surface area (Å²) in [6, 6.07) is 1.59. The minimum Gasteiger partial charge on any atom is -0.395 e. The quantitative estimate of drug-likeness (QED) is 0.676. The fourth-order valence-corrected chi connectivity index (χ4v) is 1.58. The topological polar surface area (TPSA) is 78.7 Å². The molecule has 0 spiro atoms. The van der Waals surface area contributed by atoms with Gasteiger partial charge in [-0.1, -0.05) is 11.6 Å². The highest BCUT2D eigenvalue weighted by molar-refractivity contribution is 6.29. The Morgan fingerprint density at radius 3 is 2.47 bits per heavy atom. The number of hydrogen-bond acceptors (Lipinski definition) is 6. The Balaban J connectivity index is 2.92. The molecule has 96 valence electrons. The van der Waals surface area contributed by atoms with E-state index in [2.05, 4.69) is 9.97 Å². The molecule has 17 heavy (non-hydrogen) atoms. The number of rotatable bonds is 7. The highest BCUT2D eigenvalue weighted by Crippen LogP contribution is 2.16. The van der Waals surface area contributed by atoms with Gasteiger partial charge in [0, 0.05) is 26.3 Å². The van der Waals surface area contributed by atoms with Crippen molar-refractivity contribution in [2.45, 2.75) is 6.61 Å². The van der Waals surface area contributed by atoms with Crippen LogP contribution >= 0.6 is 11.6 Å². The number of aliphatic hydroxyl groups is 2. The Morgan fingerprint density at radius 1 is 1.29 bits per heavy atom. The first kappa shape index (κ1) is 14.1. The summed E-state index contributed by atoms with van der Waals surface area (Å²) in [5.74, 6) is 1.04. The normalized spacial score (nSPS) is 10.6. The number of aliphatic hydroxyl groups excluding tert-OH is 2. The molecule has 1 heterocycles. The van der Waals surface area contributed by atoms with Crippen LogP contribution in [0.4, 0.5) is 5.82 Å². The van der Waals surface area contributed by atoms with Gasteiger partial charge in [-0.25, -0.2) is 9.97 Å². The lowest BCUT2D eigenvalue weighted by Crippen LogP contribution is -2.30. The molecule has 2 N–H and O–H groups in total. The van der Waals surface area contributed by atoms with Crippen LogP contribution in [0, 0.1) is 0 Å². The van der Waals surface area contributed by atoms with Gasteiger partial charge < -0.3 is 19.8 Å². The van der Waals surface area contributed by atoms with Crippen LogP contribution in [0.2, 0.25) is 5.15 Å². The molecule has 0 radical (unpaired) electrons. The van der Waals surface area contributed by atoms with E-state index in [1.54, 1.807) is 18.1 Å². The fraction of sp³-hybridized carbons (Fsp3) is 0.600. The number of hydrogen-bond donors (Lipinski definition) is 2. The lowest BCUT2D eigenvalue weighted by Gasteiger charge is -2.22. The first-order chi connectivity index (χ1) is 8.21. The summed E-state index contributed by atoms with van der Waals surface area (Å²) >= 11 is 5.87. The maximum Gasteiger partial charge on any atom is 0.158 e. The van der Waals surface area contributed by atoms with Crippen LogP contribution in [0.3, 0.4) is 0 Å². The van der Waals surface area contributed by atoms with E-state index in [0.29, 0.717) is 29.9 Å². The zero-order valence-electron chi connectivity index (χ0n) is 9.64. The largest absolute Gasteiger partial charge is 0.395 e. The number of halogens is 1. The average molecular weight is 262 g/mol. The van der Waals surface area contributed by atoms with Crippen molar-refractivity contribution in [2.75, 3.05) is 38.3 Å². The van der Waals surface area contributed by atoms with E-state index in [1.165, 1.54) is 0 Å². The summed E-state index contributed by atoms with van der Waals surface area (Å²) in [7, 11) is 1.54. The van der Waals surface area contributed by atoms with E-state index in [0.717, 1.165) is 0 Å². The van der Waals surface area contributed by atoms with Crippen molar-refractivity contribution in [3.8, 4) is 0 Å². The predicted molar refractivity (Wildman–Crippen MR) is 64.1 cm³/mol. The Hall–Kier alpha value is -0.950. The summed E-state index contributed by atoms with van der Waals surface area (Å²) in [5.41, 5.74) is 0. The van der Waals surface area contributed by atoms with Crippen molar-refractivity contribution >= 4 is 17.4 Å². The Bertz CT molecular complexity index is 346. The highest BCUT2D eigenvalue weighted by Gasteiger charge is 2.10. The van der Waals surface area contributed by atoms with Gasteiger partial charge in [0.25, 0.3) is 0 Å². The number of ether oxygens (including phenoxy) is 1. The zero-order valence-corrected chi connectivity index (χ0v) is 10.4. The molecule has 0 unspecified atom stereocenters. The minimum atomic E-state index is -0.0266. The van der Waals surface area contributed by atoms with Crippen molar-refractivity contribution in [3.05, 3.63) is 17.0 Å². The van der Waals surface area contributed by atoms with Crippen molar-refractivity contribution < 1.29 is 14.9 Å². The number of anilines is 1. The molecular formula is C10H16ClN3O3. The highest BCUT2D eigenvalue weighted by atomic mass is 35.5. The molecule has 1 aromatic rings. The molecule has 0 aliphatic carbocycles. The van der Waals surface area contributed by atoms with E-state index in [4.69, 9.17) is 26.6 Å². The molecule has 1 aromatic heterocycles. The molecule has 0 saturated heterocycles. The Labute approximate surface area is 105 Å². The summed E-state index contributed by atoms with van der Waals surface area (Å²) in [4.78, 5) is 9.98. The van der Waals surface area contributed by atoms with Gasteiger partial charge in [0.2, 0.25) is 0 Å². The zero-order chi connectivity index (χ0) is 12.7. The van der Waals surface area contributed by atoms with Crippen molar-refractivity contribution in [1.29, 1.82) is 0 Å². The van der Waals surface area contributed by atoms with Crippen molar-refractivity contribution in [2.24, 2.45) is 0 Å². The molecule has 0 fully saturated rings. The average Bonchev–Trinajstić information content (AvgIpc) is 2.28. The molecule has 0 aliphatic heterocycles. The van der Waals surface area contributed by atoms with Crippen LogP contribution in [0.5, 0.6) is 0 Å². The van der Waals surface area contributed by atoms with Crippen LogP contribution < -0.4 is 4.90 Å². The van der Waals surface area contributed by atoms with Crippen LogP contribution in [0.25, 0.3) is 0 Å². The van der Waals surface area contributed by atoms with E-state index >= 15 is 0 Å². The number of methoxy groups -OCH3 is 1. The molecule has 6 nitrogen and oxygen atoms in total. The summed E-state index contributed by atoms with van der Waals surface area (Å²) < 4.78 is 4.94. The van der Waals surface area contributed by atoms with Gasteiger partial charge in [0.05, 0.1) is 13.2 Å².